The molecule has 0 spiro atoms. The van der Waals surface area contributed by atoms with E-state index in [-0.39, 0.29) is 4.90 Å². The molecule has 1 aromatic heterocycles. The molecule has 1 N–H and O–H groups in total. The quantitative estimate of drug-likeness (QED) is 0.754. The van der Waals surface area contributed by atoms with Gasteiger partial charge in [-0.25, -0.2) is 13.4 Å². The summed E-state index contributed by atoms with van der Waals surface area (Å²) in [6, 6.07) is 11.1. The van der Waals surface area contributed by atoms with Gasteiger partial charge in [0.15, 0.2) is 5.13 Å². The molecule has 0 radical (unpaired) electrons. The molecule has 21 heavy (non-hydrogen) atoms. The third-order valence-corrected chi connectivity index (χ3v) is 5.60. The summed E-state index contributed by atoms with van der Waals surface area (Å²) in [6.07, 6.45) is 0. The molecular formula is C13H8Cl2N2O2S2. The summed E-state index contributed by atoms with van der Waals surface area (Å²) >= 11 is 12.9. The molecule has 0 bridgehead atoms. The molecule has 0 atom stereocenters. The molecule has 8 heteroatoms. The van der Waals surface area contributed by atoms with Crippen molar-refractivity contribution in [1.82, 2.24) is 4.98 Å². The van der Waals surface area contributed by atoms with Gasteiger partial charge >= 0.3 is 0 Å². The van der Waals surface area contributed by atoms with Gasteiger partial charge in [-0.2, -0.15) is 0 Å². The number of nitrogens with zero attached hydrogens (tertiary/aromatic N) is 1. The number of hydrogen-bond acceptors (Lipinski definition) is 4. The van der Waals surface area contributed by atoms with E-state index in [0.717, 1.165) is 4.70 Å². The lowest BCUT2D eigenvalue weighted by atomic mass is 10.3. The van der Waals surface area contributed by atoms with E-state index in [9.17, 15) is 8.42 Å². The number of anilines is 1. The van der Waals surface area contributed by atoms with Gasteiger partial charge in [-0.3, -0.25) is 4.72 Å². The maximum atomic E-state index is 12.2. The maximum absolute atomic E-state index is 12.2. The van der Waals surface area contributed by atoms with Crippen LogP contribution >= 0.6 is 34.5 Å². The summed E-state index contributed by atoms with van der Waals surface area (Å²) in [5.41, 5.74) is 0.693. The van der Waals surface area contributed by atoms with Gasteiger partial charge in [0, 0.05) is 10.0 Å². The topological polar surface area (TPSA) is 59.1 Å². The first kappa shape index (κ1) is 14.6. The SMILES string of the molecule is O=S(=O)(Nc1nc2ccc(Cl)cc2s1)c1ccc(Cl)cc1. The maximum Gasteiger partial charge on any atom is 0.263 e. The average molecular weight is 359 g/mol. The molecule has 0 aliphatic heterocycles. The van der Waals surface area contributed by atoms with E-state index in [1.807, 2.05) is 0 Å². The minimum absolute atomic E-state index is 0.129. The second-order valence-electron chi connectivity index (χ2n) is 4.19. The minimum Gasteiger partial charge on any atom is -0.255 e. The monoisotopic (exact) mass is 358 g/mol. The fourth-order valence-corrected chi connectivity index (χ4v) is 4.23. The molecule has 3 aromatic rings. The van der Waals surface area contributed by atoms with E-state index in [0.29, 0.717) is 20.7 Å². The number of thiazole rings is 1. The van der Waals surface area contributed by atoms with Gasteiger partial charge in [-0.05, 0) is 42.5 Å². The number of hydrogen-bond donors (Lipinski definition) is 1. The normalized spacial score (nSPS) is 11.7. The summed E-state index contributed by atoms with van der Waals surface area (Å²) < 4.78 is 27.8. The van der Waals surface area contributed by atoms with Crippen LogP contribution in [-0.2, 0) is 10.0 Å². The first-order chi connectivity index (χ1) is 9.94. The molecule has 2 aromatic carbocycles. The van der Waals surface area contributed by atoms with Crippen LogP contribution in [0.2, 0.25) is 10.0 Å². The molecule has 0 fully saturated rings. The van der Waals surface area contributed by atoms with Gasteiger partial charge < -0.3 is 0 Å². The molecule has 0 aliphatic carbocycles. The van der Waals surface area contributed by atoms with Crippen molar-refractivity contribution >= 4 is 59.9 Å². The highest BCUT2D eigenvalue weighted by molar-refractivity contribution is 7.93. The second-order valence-corrected chi connectivity index (χ2v) is 7.78. The minimum atomic E-state index is -3.68. The summed E-state index contributed by atoms with van der Waals surface area (Å²) in [4.78, 5) is 4.35. The van der Waals surface area contributed by atoms with Crippen LogP contribution < -0.4 is 4.72 Å². The van der Waals surface area contributed by atoms with E-state index in [2.05, 4.69) is 9.71 Å². The summed E-state index contributed by atoms with van der Waals surface area (Å²) in [6.45, 7) is 0. The largest absolute Gasteiger partial charge is 0.263 e. The smallest absolute Gasteiger partial charge is 0.255 e. The van der Waals surface area contributed by atoms with E-state index >= 15 is 0 Å². The zero-order valence-electron chi connectivity index (χ0n) is 10.4. The molecule has 0 aliphatic rings. The van der Waals surface area contributed by atoms with Gasteiger partial charge in [-0.1, -0.05) is 34.5 Å². The Bertz CT molecular complexity index is 906. The van der Waals surface area contributed by atoms with Gasteiger partial charge in [0.25, 0.3) is 10.0 Å². The van der Waals surface area contributed by atoms with Crippen LogP contribution in [0.4, 0.5) is 5.13 Å². The predicted molar refractivity (Wildman–Crippen MR) is 86.9 cm³/mol. The highest BCUT2D eigenvalue weighted by Crippen LogP contribution is 2.29. The van der Waals surface area contributed by atoms with Gasteiger partial charge in [0.05, 0.1) is 15.1 Å². The number of halogens is 2. The van der Waals surface area contributed by atoms with Crippen LogP contribution in [0.1, 0.15) is 0 Å². The van der Waals surface area contributed by atoms with Gasteiger partial charge in [-0.15, -0.1) is 0 Å². The Morgan fingerprint density at radius 1 is 1.00 bits per heavy atom. The zero-order valence-corrected chi connectivity index (χ0v) is 13.5. The fraction of sp³-hybridized carbons (Fsp3) is 0. The van der Waals surface area contributed by atoms with E-state index < -0.39 is 10.0 Å². The second kappa shape index (κ2) is 5.46. The van der Waals surface area contributed by atoms with Crippen LogP contribution in [0.25, 0.3) is 10.2 Å². The molecule has 4 nitrogen and oxygen atoms in total. The van der Waals surface area contributed by atoms with Crippen LogP contribution in [0.15, 0.2) is 47.4 Å². The molecular weight excluding hydrogens is 351 g/mol. The Labute approximate surface area is 135 Å². The first-order valence-corrected chi connectivity index (χ1v) is 8.84. The third kappa shape index (κ3) is 3.13. The Morgan fingerprint density at radius 2 is 1.67 bits per heavy atom. The van der Waals surface area contributed by atoms with Crippen LogP contribution in [0.5, 0.6) is 0 Å². The molecule has 108 valence electrons. The zero-order chi connectivity index (χ0) is 15.0. The van der Waals surface area contributed by atoms with E-state index in [1.165, 1.54) is 35.6 Å². The fourth-order valence-electron chi connectivity index (χ4n) is 1.73. The Kier molecular flexibility index (Phi) is 3.79. The average Bonchev–Trinajstić information content (AvgIpc) is 2.79. The van der Waals surface area contributed by atoms with Gasteiger partial charge in [0.2, 0.25) is 0 Å². The van der Waals surface area contributed by atoms with Crippen LogP contribution in [0.3, 0.4) is 0 Å². The molecule has 3 rings (SSSR count). The number of aromatic nitrogens is 1. The molecule has 0 saturated carbocycles. The number of fused-ring (bicyclic) bond motifs is 1. The Morgan fingerprint density at radius 3 is 2.38 bits per heavy atom. The van der Waals surface area contributed by atoms with Crippen molar-refractivity contribution in [2.75, 3.05) is 4.72 Å². The predicted octanol–water partition coefficient (Wildman–Crippen LogP) is 4.40. The summed E-state index contributed by atoms with van der Waals surface area (Å²) in [5.74, 6) is 0. The molecule has 1 heterocycles. The lowest BCUT2D eigenvalue weighted by molar-refractivity contribution is 0.601. The number of sulfonamides is 1. The lowest BCUT2D eigenvalue weighted by Gasteiger charge is -2.04. The highest BCUT2D eigenvalue weighted by atomic mass is 35.5. The van der Waals surface area contributed by atoms with Gasteiger partial charge in [0.1, 0.15) is 0 Å². The van der Waals surface area contributed by atoms with E-state index in [1.54, 1.807) is 18.2 Å². The first-order valence-electron chi connectivity index (χ1n) is 5.78. The van der Waals surface area contributed by atoms with Crippen molar-refractivity contribution in [1.29, 1.82) is 0 Å². The van der Waals surface area contributed by atoms with Crippen molar-refractivity contribution in [3.05, 3.63) is 52.5 Å². The summed E-state index contributed by atoms with van der Waals surface area (Å²) in [7, 11) is -3.68. The van der Waals surface area contributed by atoms with E-state index in [4.69, 9.17) is 23.2 Å². The van der Waals surface area contributed by atoms with Crippen molar-refractivity contribution in [3.8, 4) is 0 Å². The Balaban J connectivity index is 1.95. The van der Waals surface area contributed by atoms with Crippen LogP contribution in [0, 0.1) is 0 Å². The summed E-state index contributed by atoms with van der Waals surface area (Å²) in [5, 5.41) is 1.35. The van der Waals surface area contributed by atoms with Crippen molar-refractivity contribution in [3.63, 3.8) is 0 Å². The molecule has 0 amide bonds. The number of nitrogens with one attached hydrogen (secondary N) is 1. The van der Waals surface area contributed by atoms with Crippen molar-refractivity contribution in [2.24, 2.45) is 0 Å². The molecule has 0 unspecified atom stereocenters. The van der Waals surface area contributed by atoms with Crippen LogP contribution in [-0.4, -0.2) is 13.4 Å². The molecule has 0 saturated heterocycles. The standard InChI is InChI=1S/C13H8Cl2N2O2S2/c14-8-1-4-10(5-2-8)21(18,19)17-13-16-11-6-3-9(15)7-12(11)20-13/h1-7H,(H,16,17). The highest BCUT2D eigenvalue weighted by Gasteiger charge is 2.16. The van der Waals surface area contributed by atoms with Crippen molar-refractivity contribution in [2.45, 2.75) is 4.90 Å². The lowest BCUT2D eigenvalue weighted by Crippen LogP contribution is -2.12. The Hall–Kier alpha value is -1.34. The number of rotatable bonds is 3. The number of benzene rings is 2. The third-order valence-electron chi connectivity index (χ3n) is 2.70. The van der Waals surface area contributed by atoms with Crippen molar-refractivity contribution < 1.29 is 8.42 Å².